The molecule has 7 heteroatoms. The average Bonchev–Trinajstić information content (AvgIpc) is 2.47. The van der Waals surface area contributed by atoms with Crippen LogP contribution in [0.4, 0.5) is 4.79 Å². The van der Waals surface area contributed by atoms with E-state index in [9.17, 15) is 9.59 Å². The van der Waals surface area contributed by atoms with Crippen LogP contribution in [0, 0.1) is 0 Å². The van der Waals surface area contributed by atoms with E-state index in [-0.39, 0.29) is 13.0 Å². The van der Waals surface area contributed by atoms with Crippen LogP contribution in [0.5, 0.6) is 0 Å². The predicted molar refractivity (Wildman–Crippen MR) is 39.5 cm³/mol. The average molecular weight is 190 g/mol. The van der Waals surface area contributed by atoms with E-state index < -0.39 is 24.1 Å². The maximum Gasteiger partial charge on any atom is 0.408 e. The van der Waals surface area contributed by atoms with Gasteiger partial charge in [-0.05, 0) is 6.42 Å². The van der Waals surface area contributed by atoms with E-state index in [4.69, 9.17) is 15.4 Å². The zero-order valence-corrected chi connectivity index (χ0v) is 6.67. The van der Waals surface area contributed by atoms with Crippen LogP contribution in [0.25, 0.3) is 0 Å². The Morgan fingerprint density at radius 3 is 2.31 bits per heavy atom. The number of carbonyl (C=O) groups is 2. The lowest BCUT2D eigenvalue weighted by Crippen LogP contribution is -2.39. The van der Waals surface area contributed by atoms with Crippen LogP contribution in [0.1, 0.15) is 6.42 Å². The summed E-state index contributed by atoms with van der Waals surface area (Å²) in [5, 5.41) is 25.7. The van der Waals surface area contributed by atoms with Crippen molar-refractivity contribution in [2.75, 3.05) is 6.54 Å². The molecule has 0 spiro atoms. The molecular weight excluding hydrogens is 180 g/mol. The van der Waals surface area contributed by atoms with E-state index >= 15 is 0 Å². The minimum absolute atomic E-state index is 0.0111. The van der Waals surface area contributed by atoms with Crippen LogP contribution in [-0.2, 0) is 4.79 Å². The summed E-state index contributed by atoms with van der Waals surface area (Å²) in [6.07, 6.45) is -1.21. The van der Waals surface area contributed by atoms with Crippen molar-refractivity contribution in [3.05, 3.63) is 0 Å². The van der Waals surface area contributed by atoms with Gasteiger partial charge in [-0.1, -0.05) is 0 Å². The van der Waals surface area contributed by atoms with Gasteiger partial charge in [0.05, 0.1) is 6.04 Å². The molecule has 1 amide bonds. The van der Waals surface area contributed by atoms with E-state index in [0.29, 0.717) is 0 Å². The molecule has 0 aromatic carbocycles. The largest absolute Gasteiger partial charge is 0.480 e. The molecule has 1 unspecified atom stereocenters. The number of carboxylic acids is 1. The number of aliphatic carboxylic acids is 1. The normalized spacial score (nSPS) is 27.6. The topological polar surface area (TPSA) is 110 Å². The van der Waals surface area contributed by atoms with Gasteiger partial charge >= 0.3 is 12.1 Å². The van der Waals surface area contributed by atoms with Gasteiger partial charge in [-0.15, -0.1) is 0 Å². The van der Waals surface area contributed by atoms with E-state index in [0.717, 1.165) is 4.90 Å². The lowest BCUT2D eigenvalue weighted by atomic mass is 10.2. The molecule has 0 radical (unpaired) electrons. The second-order valence-corrected chi connectivity index (χ2v) is 2.85. The third-order valence-electron chi connectivity index (χ3n) is 2.01. The first kappa shape index (κ1) is 9.75. The van der Waals surface area contributed by atoms with Gasteiger partial charge < -0.3 is 15.4 Å². The Hall–Kier alpha value is -1.34. The number of nitrogens with zero attached hydrogens (tertiary/aromatic N) is 1. The fourth-order valence-electron chi connectivity index (χ4n) is 1.38. The fraction of sp³-hybridized carbons (Fsp3) is 0.667. The first-order valence-corrected chi connectivity index (χ1v) is 3.68. The molecule has 4 N–H and O–H groups in total. The first-order valence-electron chi connectivity index (χ1n) is 3.68. The lowest BCUT2D eigenvalue weighted by Gasteiger charge is -2.16. The van der Waals surface area contributed by atoms with Crippen LogP contribution in [0.2, 0.25) is 0 Å². The molecular formula is C6H10N2O5. The van der Waals surface area contributed by atoms with E-state index in [2.05, 4.69) is 0 Å². The summed E-state index contributed by atoms with van der Waals surface area (Å²) in [6, 6.07) is -1.57. The second-order valence-electron chi connectivity index (χ2n) is 2.85. The number of carboxylic acid groups (broad SMARTS) is 2. The Morgan fingerprint density at radius 1 is 1.38 bits per heavy atom. The zero-order valence-electron chi connectivity index (χ0n) is 6.67. The summed E-state index contributed by atoms with van der Waals surface area (Å²) in [5.74, 6) is -1.19. The molecule has 0 bridgehead atoms. The highest BCUT2D eigenvalue weighted by Gasteiger charge is 2.39. The molecule has 0 aromatic rings. The van der Waals surface area contributed by atoms with Crippen LogP contribution in [0.3, 0.4) is 0 Å². The van der Waals surface area contributed by atoms with Crippen molar-refractivity contribution in [2.45, 2.75) is 18.5 Å². The van der Waals surface area contributed by atoms with Crippen molar-refractivity contribution in [1.29, 1.82) is 0 Å². The van der Waals surface area contributed by atoms with Crippen LogP contribution < -0.4 is 5.48 Å². The van der Waals surface area contributed by atoms with E-state index in [1.807, 2.05) is 5.48 Å². The summed E-state index contributed by atoms with van der Waals surface area (Å²) in [7, 11) is 0. The molecule has 0 aliphatic carbocycles. The zero-order chi connectivity index (χ0) is 10.0. The lowest BCUT2D eigenvalue weighted by molar-refractivity contribution is -0.141. The number of hydrogen-bond acceptors (Lipinski definition) is 4. The summed E-state index contributed by atoms with van der Waals surface area (Å²) in [6.45, 7) is -0.0111. The van der Waals surface area contributed by atoms with Gasteiger partial charge in [0.25, 0.3) is 0 Å². The molecule has 1 aliphatic rings. The van der Waals surface area contributed by atoms with Crippen molar-refractivity contribution in [1.82, 2.24) is 10.4 Å². The van der Waals surface area contributed by atoms with Crippen molar-refractivity contribution in [3.63, 3.8) is 0 Å². The SMILES string of the molecule is O=C(O)[C@H]1CC(NO)CN1C(=O)O. The summed E-state index contributed by atoms with van der Waals surface area (Å²) < 4.78 is 0. The third kappa shape index (κ3) is 1.87. The quantitative estimate of drug-likeness (QED) is 0.423. The van der Waals surface area contributed by atoms with Gasteiger partial charge in [0.2, 0.25) is 0 Å². The molecule has 7 nitrogen and oxygen atoms in total. The Kier molecular flexibility index (Phi) is 2.69. The molecule has 13 heavy (non-hydrogen) atoms. The number of rotatable bonds is 2. The molecule has 2 atom stereocenters. The number of hydrogen-bond donors (Lipinski definition) is 4. The summed E-state index contributed by atoms with van der Waals surface area (Å²) >= 11 is 0. The van der Waals surface area contributed by atoms with Gasteiger partial charge in [0, 0.05) is 6.54 Å². The predicted octanol–water partition coefficient (Wildman–Crippen LogP) is -0.829. The van der Waals surface area contributed by atoms with Crippen molar-refractivity contribution >= 4 is 12.1 Å². The highest BCUT2D eigenvalue weighted by molar-refractivity contribution is 5.80. The van der Waals surface area contributed by atoms with E-state index in [1.54, 1.807) is 0 Å². The molecule has 74 valence electrons. The molecule has 1 rings (SSSR count). The monoisotopic (exact) mass is 190 g/mol. The molecule has 1 saturated heterocycles. The smallest absolute Gasteiger partial charge is 0.408 e. The molecule has 1 heterocycles. The molecule has 0 saturated carbocycles. The van der Waals surface area contributed by atoms with Gasteiger partial charge in [0.15, 0.2) is 0 Å². The number of hydroxylamine groups is 1. The first-order chi connectivity index (χ1) is 6.06. The summed E-state index contributed by atoms with van der Waals surface area (Å²) in [5.41, 5.74) is 1.87. The number of nitrogens with one attached hydrogen (secondary N) is 1. The van der Waals surface area contributed by atoms with Crippen molar-refractivity contribution in [2.24, 2.45) is 0 Å². The van der Waals surface area contributed by atoms with Gasteiger partial charge in [-0.3, -0.25) is 4.90 Å². The molecule has 0 aromatic heterocycles. The number of likely N-dealkylation sites (tertiary alicyclic amines) is 1. The van der Waals surface area contributed by atoms with Crippen LogP contribution in [0.15, 0.2) is 0 Å². The highest BCUT2D eigenvalue weighted by Crippen LogP contribution is 2.17. The van der Waals surface area contributed by atoms with Crippen LogP contribution >= 0.6 is 0 Å². The van der Waals surface area contributed by atoms with Gasteiger partial charge in [-0.2, -0.15) is 0 Å². The van der Waals surface area contributed by atoms with E-state index in [1.165, 1.54) is 0 Å². The fourth-order valence-corrected chi connectivity index (χ4v) is 1.38. The highest BCUT2D eigenvalue weighted by atomic mass is 16.5. The minimum Gasteiger partial charge on any atom is -0.480 e. The maximum absolute atomic E-state index is 10.6. The van der Waals surface area contributed by atoms with Crippen molar-refractivity contribution in [3.8, 4) is 0 Å². The summed E-state index contributed by atoms with van der Waals surface area (Å²) in [4.78, 5) is 21.9. The molecule has 1 fully saturated rings. The third-order valence-corrected chi connectivity index (χ3v) is 2.01. The van der Waals surface area contributed by atoms with Gasteiger partial charge in [-0.25, -0.2) is 15.1 Å². The molecule has 1 aliphatic heterocycles. The van der Waals surface area contributed by atoms with Gasteiger partial charge in [0.1, 0.15) is 6.04 Å². The van der Waals surface area contributed by atoms with Crippen molar-refractivity contribution < 1.29 is 25.0 Å². The second kappa shape index (κ2) is 3.58. The Morgan fingerprint density at radius 2 is 2.00 bits per heavy atom. The number of amides is 1. The Bertz CT molecular complexity index is 209. The Balaban J connectivity index is 2.71. The standard InChI is InChI=1S/C6H10N2O5/c9-5(10)4-1-3(7-13)2-8(4)6(11)12/h3-4,7,13H,1-2H2,(H,9,10)(H,11,12)/t3?,4-/m1/s1. The minimum atomic E-state index is -1.29. The maximum atomic E-state index is 10.6. The van der Waals surface area contributed by atoms with Crippen LogP contribution in [-0.4, -0.2) is 51.0 Å². The Labute approximate surface area is 73.5 Å².